The summed E-state index contributed by atoms with van der Waals surface area (Å²) in [5.41, 5.74) is 0.296. The number of carbonyl (C=O) groups is 1. The lowest BCUT2D eigenvalue weighted by molar-refractivity contribution is 0.0695. The Balaban J connectivity index is 2.39. The summed E-state index contributed by atoms with van der Waals surface area (Å²) >= 11 is 0. The predicted molar refractivity (Wildman–Crippen MR) is 70.3 cm³/mol. The zero-order valence-electron chi connectivity index (χ0n) is 10.9. The van der Waals surface area contributed by atoms with Gasteiger partial charge in [0.05, 0.1) is 11.3 Å². The molecule has 0 aliphatic heterocycles. The molecule has 20 heavy (non-hydrogen) atoms. The van der Waals surface area contributed by atoms with E-state index in [1.807, 2.05) is 0 Å². The molecule has 0 bridgehead atoms. The molecule has 0 radical (unpaired) electrons. The molecule has 0 aliphatic rings. The van der Waals surface area contributed by atoms with Gasteiger partial charge < -0.3 is 10.4 Å². The van der Waals surface area contributed by atoms with Crippen LogP contribution in [0.1, 0.15) is 21.6 Å². The Morgan fingerprint density at radius 3 is 2.50 bits per heavy atom. The van der Waals surface area contributed by atoms with Gasteiger partial charge in [0.15, 0.2) is 5.82 Å². The molecule has 1 aromatic heterocycles. The third kappa shape index (κ3) is 2.59. The second kappa shape index (κ2) is 5.24. The summed E-state index contributed by atoms with van der Waals surface area (Å²) < 4.78 is 27.4. The van der Waals surface area contributed by atoms with E-state index in [9.17, 15) is 13.6 Å². The van der Waals surface area contributed by atoms with E-state index in [1.165, 1.54) is 32.0 Å². The van der Waals surface area contributed by atoms with E-state index in [-0.39, 0.29) is 22.8 Å². The van der Waals surface area contributed by atoms with Crippen LogP contribution in [-0.4, -0.2) is 16.1 Å². The number of halogens is 2. The number of carboxylic acid groups (broad SMARTS) is 1. The van der Waals surface area contributed by atoms with E-state index in [0.717, 1.165) is 6.07 Å². The van der Waals surface area contributed by atoms with E-state index < -0.39 is 17.6 Å². The van der Waals surface area contributed by atoms with Gasteiger partial charge in [0.1, 0.15) is 17.3 Å². The minimum Gasteiger partial charge on any atom is -0.478 e. The molecule has 2 N–H and O–H groups in total. The Morgan fingerprint density at radius 1 is 1.20 bits per heavy atom. The Bertz CT molecular complexity index is 687. The zero-order chi connectivity index (χ0) is 14.9. The van der Waals surface area contributed by atoms with Crippen molar-refractivity contribution in [1.29, 1.82) is 0 Å². The number of aryl methyl sites for hydroxylation is 2. The maximum atomic E-state index is 13.8. The van der Waals surface area contributed by atoms with Crippen LogP contribution in [-0.2, 0) is 0 Å². The van der Waals surface area contributed by atoms with Crippen molar-refractivity contribution in [2.24, 2.45) is 0 Å². The number of pyridine rings is 1. The van der Waals surface area contributed by atoms with Crippen molar-refractivity contribution in [3.8, 4) is 0 Å². The molecule has 1 heterocycles. The Kier molecular flexibility index (Phi) is 3.65. The first-order valence-corrected chi connectivity index (χ1v) is 5.82. The van der Waals surface area contributed by atoms with Crippen molar-refractivity contribution in [2.75, 3.05) is 5.32 Å². The molecule has 104 valence electrons. The molecule has 2 aromatic rings. The van der Waals surface area contributed by atoms with E-state index in [4.69, 9.17) is 5.11 Å². The monoisotopic (exact) mass is 278 g/mol. The standard InChI is InChI=1S/C14H12F2N2O2/c1-7-3-5-10(15)13(12(7)16)18-11-6-4-9(14(19)20)8(2)17-11/h3-6H,1-2H3,(H,17,18)(H,19,20). The molecule has 0 unspecified atom stereocenters. The molecular formula is C14H12F2N2O2. The van der Waals surface area contributed by atoms with Gasteiger partial charge in [-0.15, -0.1) is 0 Å². The second-order valence-electron chi connectivity index (χ2n) is 4.31. The molecule has 0 amide bonds. The van der Waals surface area contributed by atoms with Crippen molar-refractivity contribution < 1.29 is 18.7 Å². The fourth-order valence-corrected chi connectivity index (χ4v) is 1.76. The number of aromatic carboxylic acids is 1. The maximum Gasteiger partial charge on any atom is 0.337 e. The number of nitrogens with one attached hydrogen (secondary N) is 1. The molecular weight excluding hydrogens is 266 g/mol. The van der Waals surface area contributed by atoms with Gasteiger partial charge in [-0.1, -0.05) is 6.07 Å². The normalized spacial score (nSPS) is 10.4. The minimum atomic E-state index is -1.10. The van der Waals surface area contributed by atoms with Gasteiger partial charge in [-0.3, -0.25) is 0 Å². The number of hydrogen-bond donors (Lipinski definition) is 2. The van der Waals surface area contributed by atoms with E-state index in [1.54, 1.807) is 0 Å². The second-order valence-corrected chi connectivity index (χ2v) is 4.31. The van der Waals surface area contributed by atoms with Crippen molar-refractivity contribution in [2.45, 2.75) is 13.8 Å². The van der Waals surface area contributed by atoms with E-state index in [2.05, 4.69) is 10.3 Å². The maximum absolute atomic E-state index is 13.8. The van der Waals surface area contributed by atoms with Crippen LogP contribution in [0, 0.1) is 25.5 Å². The van der Waals surface area contributed by atoms with Crippen LogP contribution in [0.2, 0.25) is 0 Å². The molecule has 0 saturated carbocycles. The van der Waals surface area contributed by atoms with Gasteiger partial charge in [-0.05, 0) is 37.6 Å². The number of nitrogens with zero attached hydrogens (tertiary/aromatic N) is 1. The van der Waals surface area contributed by atoms with Crippen LogP contribution >= 0.6 is 0 Å². The number of aromatic nitrogens is 1. The van der Waals surface area contributed by atoms with Gasteiger partial charge in [0.25, 0.3) is 0 Å². The minimum absolute atomic E-state index is 0.0423. The highest BCUT2D eigenvalue weighted by Gasteiger charge is 2.14. The van der Waals surface area contributed by atoms with E-state index in [0.29, 0.717) is 5.56 Å². The molecule has 0 spiro atoms. The first-order valence-electron chi connectivity index (χ1n) is 5.82. The fraction of sp³-hybridized carbons (Fsp3) is 0.143. The SMILES string of the molecule is Cc1ccc(F)c(Nc2ccc(C(=O)O)c(C)n2)c1F. The van der Waals surface area contributed by atoms with Crippen LogP contribution in [0.5, 0.6) is 0 Å². The topological polar surface area (TPSA) is 62.2 Å². The Labute approximate surface area is 114 Å². The first kappa shape index (κ1) is 13.9. The molecule has 2 rings (SSSR count). The van der Waals surface area contributed by atoms with Crippen LogP contribution in [0.25, 0.3) is 0 Å². The molecule has 1 aromatic carbocycles. The number of benzene rings is 1. The lowest BCUT2D eigenvalue weighted by Crippen LogP contribution is -2.05. The summed E-state index contributed by atoms with van der Waals surface area (Å²) in [7, 11) is 0. The van der Waals surface area contributed by atoms with Crippen molar-refractivity contribution >= 4 is 17.5 Å². The van der Waals surface area contributed by atoms with Crippen molar-refractivity contribution in [3.63, 3.8) is 0 Å². The first-order chi connectivity index (χ1) is 9.40. The van der Waals surface area contributed by atoms with Crippen molar-refractivity contribution in [1.82, 2.24) is 4.98 Å². The summed E-state index contributed by atoms with van der Waals surface area (Å²) in [5, 5.41) is 11.4. The number of rotatable bonds is 3. The predicted octanol–water partition coefficient (Wildman–Crippen LogP) is 3.42. The highest BCUT2D eigenvalue weighted by Crippen LogP contribution is 2.25. The van der Waals surface area contributed by atoms with Crippen LogP contribution < -0.4 is 5.32 Å². The number of anilines is 2. The highest BCUT2D eigenvalue weighted by molar-refractivity contribution is 5.89. The summed E-state index contributed by atoms with van der Waals surface area (Å²) in [6.07, 6.45) is 0. The van der Waals surface area contributed by atoms with Crippen LogP contribution in [0.15, 0.2) is 24.3 Å². The van der Waals surface area contributed by atoms with Crippen LogP contribution in [0.3, 0.4) is 0 Å². The molecule has 0 atom stereocenters. The fourth-order valence-electron chi connectivity index (χ4n) is 1.76. The van der Waals surface area contributed by atoms with Crippen molar-refractivity contribution in [3.05, 3.63) is 52.7 Å². The van der Waals surface area contributed by atoms with Gasteiger partial charge >= 0.3 is 5.97 Å². The highest BCUT2D eigenvalue weighted by atomic mass is 19.1. The molecule has 0 aliphatic carbocycles. The summed E-state index contributed by atoms with van der Waals surface area (Å²) in [4.78, 5) is 14.8. The quantitative estimate of drug-likeness (QED) is 0.903. The van der Waals surface area contributed by atoms with Crippen LogP contribution in [0.4, 0.5) is 20.3 Å². The number of hydrogen-bond acceptors (Lipinski definition) is 3. The molecule has 0 fully saturated rings. The van der Waals surface area contributed by atoms with Gasteiger partial charge in [-0.25, -0.2) is 18.6 Å². The summed E-state index contributed by atoms with van der Waals surface area (Å²) in [5.74, 6) is -2.37. The van der Waals surface area contributed by atoms with E-state index >= 15 is 0 Å². The lowest BCUT2D eigenvalue weighted by Gasteiger charge is -2.11. The lowest BCUT2D eigenvalue weighted by atomic mass is 10.2. The Hall–Kier alpha value is -2.50. The molecule has 0 saturated heterocycles. The zero-order valence-corrected chi connectivity index (χ0v) is 10.9. The van der Waals surface area contributed by atoms with Gasteiger partial charge in [0, 0.05) is 0 Å². The molecule has 6 heteroatoms. The average molecular weight is 278 g/mol. The van der Waals surface area contributed by atoms with Gasteiger partial charge in [0.2, 0.25) is 0 Å². The summed E-state index contributed by atoms with van der Waals surface area (Å²) in [6.45, 7) is 3.03. The van der Waals surface area contributed by atoms with Gasteiger partial charge in [-0.2, -0.15) is 0 Å². The average Bonchev–Trinajstić information content (AvgIpc) is 2.39. The largest absolute Gasteiger partial charge is 0.478 e. The Morgan fingerprint density at radius 2 is 1.90 bits per heavy atom. The summed E-state index contributed by atoms with van der Waals surface area (Å²) in [6, 6.07) is 5.18. The third-order valence-corrected chi connectivity index (χ3v) is 2.85. The molecule has 4 nitrogen and oxygen atoms in total. The smallest absolute Gasteiger partial charge is 0.337 e. The third-order valence-electron chi connectivity index (χ3n) is 2.85. The number of carboxylic acids is 1.